The van der Waals surface area contributed by atoms with E-state index in [1.807, 2.05) is 18.7 Å². The Morgan fingerprint density at radius 3 is 2.81 bits per heavy atom. The van der Waals surface area contributed by atoms with Crippen LogP contribution in [0.3, 0.4) is 0 Å². The molecule has 3 heteroatoms. The summed E-state index contributed by atoms with van der Waals surface area (Å²) in [7, 11) is 0. The highest BCUT2D eigenvalue weighted by Gasteiger charge is 2.38. The Morgan fingerprint density at radius 2 is 2.12 bits per heavy atom. The van der Waals surface area contributed by atoms with E-state index in [-0.39, 0.29) is 0 Å². The minimum Gasteiger partial charge on any atom is -0.337 e. The van der Waals surface area contributed by atoms with Crippen LogP contribution in [0.5, 0.6) is 0 Å². The maximum Gasteiger partial charge on any atom is 0.0946 e. The number of hydrogen-bond acceptors (Lipinski definition) is 1. The van der Waals surface area contributed by atoms with E-state index in [0.29, 0.717) is 0 Å². The quantitative estimate of drug-likeness (QED) is 0.840. The van der Waals surface area contributed by atoms with Gasteiger partial charge in [0.2, 0.25) is 0 Å². The zero-order valence-corrected chi connectivity index (χ0v) is 10.5. The molecule has 1 heterocycles. The predicted octanol–water partition coefficient (Wildman–Crippen LogP) is 3.45. The highest BCUT2D eigenvalue weighted by molar-refractivity contribution is 9.10. The molecule has 1 fully saturated rings. The maximum atomic E-state index is 4.07. The largest absolute Gasteiger partial charge is 0.337 e. The number of rotatable bonds is 3. The predicted molar refractivity (Wildman–Crippen MR) is 67.2 cm³/mol. The molecular weight excluding hydrogens is 264 g/mol. The van der Waals surface area contributed by atoms with Crippen LogP contribution in [0.15, 0.2) is 47.5 Å². The summed E-state index contributed by atoms with van der Waals surface area (Å²) in [5, 5.41) is 0. The second-order valence-electron chi connectivity index (χ2n) is 4.41. The Labute approximate surface area is 103 Å². The van der Waals surface area contributed by atoms with Crippen LogP contribution in [0.1, 0.15) is 17.9 Å². The highest BCUT2D eigenvalue weighted by Crippen LogP contribution is 2.48. The summed E-state index contributed by atoms with van der Waals surface area (Å²) >= 11 is 3.47. The van der Waals surface area contributed by atoms with Gasteiger partial charge >= 0.3 is 0 Å². The Balaban J connectivity index is 1.65. The van der Waals surface area contributed by atoms with Crippen molar-refractivity contribution in [3.63, 3.8) is 0 Å². The molecule has 0 unspecified atom stereocenters. The van der Waals surface area contributed by atoms with Crippen LogP contribution in [0.2, 0.25) is 0 Å². The summed E-state index contributed by atoms with van der Waals surface area (Å²) in [6.07, 6.45) is 7.09. The third-order valence-electron chi connectivity index (χ3n) is 3.23. The fourth-order valence-corrected chi connectivity index (χ4v) is 2.50. The first kappa shape index (κ1) is 10.1. The number of nitrogens with zero attached hydrogens (tertiary/aromatic N) is 2. The summed E-state index contributed by atoms with van der Waals surface area (Å²) in [6, 6.07) is 8.70. The summed E-state index contributed by atoms with van der Waals surface area (Å²) in [4.78, 5) is 4.07. The van der Waals surface area contributed by atoms with Crippen LogP contribution in [0.4, 0.5) is 0 Å². The molecular formula is C13H13BrN2. The van der Waals surface area contributed by atoms with Gasteiger partial charge in [-0.15, -0.1) is 0 Å². The van der Waals surface area contributed by atoms with Gasteiger partial charge in [-0.1, -0.05) is 28.1 Å². The van der Waals surface area contributed by atoms with Crippen molar-refractivity contribution in [3.05, 3.63) is 53.0 Å². The molecule has 16 heavy (non-hydrogen) atoms. The number of halogens is 1. The van der Waals surface area contributed by atoms with Crippen LogP contribution in [0.25, 0.3) is 0 Å². The molecule has 1 aliphatic rings. The summed E-state index contributed by atoms with van der Waals surface area (Å²) in [6.45, 7) is 1.10. The van der Waals surface area contributed by atoms with E-state index in [9.17, 15) is 0 Å². The summed E-state index contributed by atoms with van der Waals surface area (Å²) in [5.41, 5.74) is 1.47. The Bertz CT molecular complexity index is 461. The molecule has 0 bridgehead atoms. The molecule has 0 saturated heterocycles. The fourth-order valence-electron chi connectivity index (χ4n) is 2.23. The first-order valence-electron chi connectivity index (χ1n) is 5.54. The lowest BCUT2D eigenvalue weighted by Gasteiger charge is -2.02. The molecule has 2 atom stereocenters. The Kier molecular flexibility index (Phi) is 2.56. The second-order valence-corrected chi connectivity index (χ2v) is 5.33. The zero-order chi connectivity index (χ0) is 11.0. The van der Waals surface area contributed by atoms with Crippen molar-refractivity contribution in [2.24, 2.45) is 5.92 Å². The van der Waals surface area contributed by atoms with Crippen molar-refractivity contribution in [2.45, 2.75) is 18.9 Å². The molecule has 3 rings (SSSR count). The minimum atomic E-state index is 0.746. The van der Waals surface area contributed by atoms with Gasteiger partial charge in [-0.25, -0.2) is 4.98 Å². The molecule has 1 aromatic carbocycles. The van der Waals surface area contributed by atoms with Crippen LogP contribution in [-0.4, -0.2) is 9.55 Å². The average Bonchev–Trinajstić information content (AvgIpc) is 2.85. The third-order valence-corrected chi connectivity index (χ3v) is 3.75. The van der Waals surface area contributed by atoms with Crippen LogP contribution < -0.4 is 0 Å². The standard InChI is InChI=1S/C13H13BrN2/c14-12-3-1-10(2-4-12)13-7-11(13)8-16-6-5-15-9-16/h1-6,9,11,13H,7-8H2/t11-,13-/m0/s1. The zero-order valence-electron chi connectivity index (χ0n) is 8.88. The molecule has 1 aliphatic carbocycles. The van der Waals surface area contributed by atoms with Crippen LogP contribution >= 0.6 is 15.9 Å². The van der Waals surface area contributed by atoms with Gasteiger partial charge in [0.15, 0.2) is 0 Å². The van der Waals surface area contributed by atoms with Crippen LogP contribution in [-0.2, 0) is 6.54 Å². The van der Waals surface area contributed by atoms with Crippen molar-refractivity contribution < 1.29 is 0 Å². The summed E-state index contributed by atoms with van der Waals surface area (Å²) in [5.74, 6) is 1.53. The molecule has 0 amide bonds. The Hall–Kier alpha value is -1.09. The average molecular weight is 277 g/mol. The maximum absolute atomic E-state index is 4.07. The van der Waals surface area contributed by atoms with E-state index in [0.717, 1.165) is 22.9 Å². The molecule has 0 N–H and O–H groups in total. The molecule has 0 aliphatic heterocycles. The van der Waals surface area contributed by atoms with Crippen molar-refractivity contribution in [1.82, 2.24) is 9.55 Å². The number of aromatic nitrogens is 2. The summed E-state index contributed by atoms with van der Waals surface area (Å²) < 4.78 is 3.33. The lowest BCUT2D eigenvalue weighted by Crippen LogP contribution is -1.97. The van der Waals surface area contributed by atoms with Gasteiger partial charge in [-0.2, -0.15) is 0 Å². The van der Waals surface area contributed by atoms with Gasteiger partial charge < -0.3 is 4.57 Å². The van der Waals surface area contributed by atoms with Gasteiger partial charge in [0, 0.05) is 23.4 Å². The molecule has 82 valence electrons. The van der Waals surface area contributed by atoms with E-state index in [1.54, 1.807) is 0 Å². The fraction of sp³-hybridized carbons (Fsp3) is 0.308. The molecule has 1 saturated carbocycles. The highest BCUT2D eigenvalue weighted by atomic mass is 79.9. The molecule has 0 spiro atoms. The van der Waals surface area contributed by atoms with Gasteiger partial charge in [-0.05, 0) is 36.0 Å². The molecule has 2 aromatic rings. The van der Waals surface area contributed by atoms with Crippen LogP contribution in [0, 0.1) is 5.92 Å². The SMILES string of the molecule is Brc1ccc([C@@H]2C[C@H]2Cn2ccnc2)cc1. The van der Waals surface area contributed by atoms with Gasteiger partial charge in [-0.3, -0.25) is 0 Å². The molecule has 0 radical (unpaired) electrons. The van der Waals surface area contributed by atoms with Gasteiger partial charge in [0.05, 0.1) is 6.33 Å². The van der Waals surface area contributed by atoms with E-state index in [1.165, 1.54) is 12.0 Å². The first-order valence-corrected chi connectivity index (χ1v) is 6.33. The smallest absolute Gasteiger partial charge is 0.0946 e. The lowest BCUT2D eigenvalue weighted by molar-refractivity contribution is 0.612. The van der Waals surface area contributed by atoms with Crippen molar-refractivity contribution >= 4 is 15.9 Å². The van der Waals surface area contributed by atoms with Crippen molar-refractivity contribution in [1.29, 1.82) is 0 Å². The van der Waals surface area contributed by atoms with E-state index in [4.69, 9.17) is 0 Å². The van der Waals surface area contributed by atoms with Crippen molar-refractivity contribution in [2.75, 3.05) is 0 Å². The van der Waals surface area contributed by atoms with Crippen molar-refractivity contribution in [3.8, 4) is 0 Å². The monoisotopic (exact) mass is 276 g/mol. The lowest BCUT2D eigenvalue weighted by atomic mass is 10.1. The number of benzene rings is 1. The van der Waals surface area contributed by atoms with E-state index in [2.05, 4.69) is 49.7 Å². The first-order chi connectivity index (χ1) is 7.83. The molecule has 1 aromatic heterocycles. The minimum absolute atomic E-state index is 0.746. The van der Waals surface area contributed by atoms with Gasteiger partial charge in [0.25, 0.3) is 0 Å². The van der Waals surface area contributed by atoms with Gasteiger partial charge in [0.1, 0.15) is 0 Å². The third kappa shape index (κ3) is 2.05. The molecule has 2 nitrogen and oxygen atoms in total. The second kappa shape index (κ2) is 4.06. The van der Waals surface area contributed by atoms with E-state index >= 15 is 0 Å². The van der Waals surface area contributed by atoms with E-state index < -0.39 is 0 Å². The normalized spacial score (nSPS) is 23.3. The number of hydrogen-bond donors (Lipinski definition) is 0. The number of imidazole rings is 1. The topological polar surface area (TPSA) is 17.8 Å². The Morgan fingerprint density at radius 1 is 1.31 bits per heavy atom.